The molecular formula is C31H44F3NO2SSi. The summed E-state index contributed by atoms with van der Waals surface area (Å²) in [6, 6.07) is 2.49. The SMILES string of the molecule is CC(C)c1nc2c(c(C3=CCCC3)c1[C@H](O)c1ccc(C(F)(F)F)s1)C(O[Si](C)(C)C(C)(C)C)CC(C)(C)C2. The van der Waals surface area contributed by atoms with Gasteiger partial charge in [-0.1, -0.05) is 54.5 Å². The molecule has 2 aromatic heterocycles. The Kier molecular flexibility index (Phi) is 8.14. The Labute approximate surface area is 237 Å². The number of fused-ring (bicyclic) bond motifs is 1. The molecule has 1 N–H and O–H groups in total. The van der Waals surface area contributed by atoms with Crippen LogP contribution in [0.2, 0.25) is 18.1 Å². The summed E-state index contributed by atoms with van der Waals surface area (Å²) < 4.78 is 47.6. The maximum Gasteiger partial charge on any atom is 0.425 e. The summed E-state index contributed by atoms with van der Waals surface area (Å²) in [4.78, 5) is 4.81. The molecule has 0 amide bonds. The predicted octanol–water partition coefficient (Wildman–Crippen LogP) is 9.97. The number of hydrogen-bond donors (Lipinski definition) is 1. The number of halogens is 3. The first-order chi connectivity index (χ1) is 17.8. The Balaban J connectivity index is 2.00. The van der Waals surface area contributed by atoms with Gasteiger partial charge in [-0.05, 0) is 84.8 Å². The van der Waals surface area contributed by atoms with Crippen molar-refractivity contribution in [3.63, 3.8) is 0 Å². The van der Waals surface area contributed by atoms with E-state index in [1.54, 1.807) is 0 Å². The summed E-state index contributed by atoms with van der Waals surface area (Å²) in [7, 11) is -2.18. The Bertz CT molecular complexity index is 1250. The molecule has 2 aliphatic rings. The zero-order valence-corrected chi connectivity index (χ0v) is 26.7. The standard InChI is InChI=1S/C31H44F3NO2SSi/c1-18(2)27-26(28(36)22-14-15-23(38-22)31(32,33)34)24(19-12-10-11-13-19)25-20(35-27)16-30(6,7)17-21(25)37-39(8,9)29(3,4)5/h12,14-15,18,21,28,36H,10-11,13,16-17H2,1-9H3/t21?,28-/m1/s1. The van der Waals surface area contributed by atoms with E-state index in [2.05, 4.69) is 53.8 Å². The van der Waals surface area contributed by atoms with E-state index in [9.17, 15) is 18.3 Å². The van der Waals surface area contributed by atoms with Crippen LogP contribution < -0.4 is 0 Å². The van der Waals surface area contributed by atoms with Crippen molar-refractivity contribution in [3.8, 4) is 0 Å². The molecule has 0 radical (unpaired) electrons. The van der Waals surface area contributed by atoms with Crippen LogP contribution in [-0.2, 0) is 17.0 Å². The Morgan fingerprint density at radius 2 is 1.82 bits per heavy atom. The van der Waals surface area contributed by atoms with Crippen LogP contribution in [0, 0.1) is 5.41 Å². The Morgan fingerprint density at radius 1 is 1.15 bits per heavy atom. The van der Waals surface area contributed by atoms with Crippen LogP contribution in [0.5, 0.6) is 0 Å². The number of rotatable bonds is 6. The van der Waals surface area contributed by atoms with Gasteiger partial charge in [0.2, 0.25) is 0 Å². The molecule has 2 heterocycles. The average molecular weight is 580 g/mol. The van der Waals surface area contributed by atoms with Gasteiger partial charge in [0.25, 0.3) is 0 Å². The predicted molar refractivity (Wildman–Crippen MR) is 157 cm³/mol. The fourth-order valence-corrected chi connectivity index (χ4v) is 7.82. The lowest BCUT2D eigenvalue weighted by molar-refractivity contribution is -0.134. The minimum absolute atomic E-state index is 0.00690. The fraction of sp³-hybridized carbons (Fsp3) is 0.645. The molecule has 1 unspecified atom stereocenters. The first kappa shape index (κ1) is 30.5. The van der Waals surface area contributed by atoms with Gasteiger partial charge in [0, 0.05) is 27.4 Å². The molecule has 0 saturated carbocycles. The molecule has 4 rings (SSSR count). The molecule has 0 bridgehead atoms. The molecule has 3 nitrogen and oxygen atoms in total. The van der Waals surface area contributed by atoms with Crippen LogP contribution in [-0.4, -0.2) is 18.4 Å². The molecule has 0 saturated heterocycles. The van der Waals surface area contributed by atoms with Gasteiger partial charge in [-0.2, -0.15) is 13.2 Å². The van der Waals surface area contributed by atoms with Gasteiger partial charge in [0.1, 0.15) is 11.0 Å². The van der Waals surface area contributed by atoms with Crippen LogP contribution >= 0.6 is 11.3 Å². The lowest BCUT2D eigenvalue weighted by atomic mass is 9.71. The highest BCUT2D eigenvalue weighted by atomic mass is 32.1. The van der Waals surface area contributed by atoms with Gasteiger partial charge in [-0.15, -0.1) is 11.3 Å². The minimum Gasteiger partial charge on any atom is -0.410 e. The van der Waals surface area contributed by atoms with Crippen LogP contribution in [0.4, 0.5) is 13.2 Å². The van der Waals surface area contributed by atoms with Crippen molar-refractivity contribution in [2.24, 2.45) is 5.41 Å². The highest BCUT2D eigenvalue weighted by Gasteiger charge is 2.45. The van der Waals surface area contributed by atoms with E-state index in [1.165, 1.54) is 11.6 Å². The van der Waals surface area contributed by atoms with Crippen LogP contribution in [0.25, 0.3) is 5.57 Å². The highest BCUT2D eigenvalue weighted by Crippen LogP contribution is 2.52. The third-order valence-electron chi connectivity index (χ3n) is 8.69. The smallest absolute Gasteiger partial charge is 0.410 e. The number of pyridine rings is 1. The topological polar surface area (TPSA) is 42.4 Å². The molecule has 2 atom stereocenters. The van der Waals surface area contributed by atoms with Crippen LogP contribution in [0.1, 0.15) is 130 Å². The number of aliphatic hydroxyl groups is 1. The lowest BCUT2D eigenvalue weighted by Crippen LogP contribution is -2.44. The molecule has 0 aliphatic heterocycles. The fourth-order valence-electron chi connectivity index (χ4n) is 5.68. The molecule has 2 aliphatic carbocycles. The molecule has 39 heavy (non-hydrogen) atoms. The molecule has 0 fully saturated rings. The van der Waals surface area contributed by atoms with Crippen molar-refractivity contribution < 1.29 is 22.7 Å². The van der Waals surface area contributed by atoms with E-state index in [1.807, 2.05) is 13.8 Å². The van der Waals surface area contributed by atoms with E-state index >= 15 is 0 Å². The quantitative estimate of drug-likeness (QED) is 0.346. The summed E-state index contributed by atoms with van der Waals surface area (Å²) in [6.45, 7) is 19.8. The van der Waals surface area contributed by atoms with Crippen molar-refractivity contribution in [2.45, 2.75) is 123 Å². The van der Waals surface area contributed by atoms with Crippen molar-refractivity contribution >= 4 is 25.2 Å². The van der Waals surface area contributed by atoms with Crippen molar-refractivity contribution in [3.05, 3.63) is 56.0 Å². The van der Waals surface area contributed by atoms with Gasteiger partial charge >= 0.3 is 6.18 Å². The molecular weight excluding hydrogens is 535 g/mol. The molecule has 0 aromatic carbocycles. The minimum atomic E-state index is -4.44. The first-order valence-electron chi connectivity index (χ1n) is 14.1. The van der Waals surface area contributed by atoms with Gasteiger partial charge in [0.05, 0.1) is 6.10 Å². The number of alkyl halides is 3. The maximum absolute atomic E-state index is 13.5. The van der Waals surface area contributed by atoms with Gasteiger partial charge in [-0.25, -0.2) is 0 Å². The second-order valence-corrected chi connectivity index (χ2v) is 19.8. The summed E-state index contributed by atoms with van der Waals surface area (Å²) in [5, 5.41) is 11.9. The highest BCUT2D eigenvalue weighted by molar-refractivity contribution is 7.12. The van der Waals surface area contributed by atoms with E-state index in [-0.39, 0.29) is 22.5 Å². The number of aromatic nitrogens is 1. The molecule has 216 valence electrons. The van der Waals surface area contributed by atoms with Crippen molar-refractivity contribution in [1.82, 2.24) is 4.98 Å². The zero-order valence-electron chi connectivity index (χ0n) is 24.8. The lowest BCUT2D eigenvalue weighted by Gasteiger charge is -2.45. The third-order valence-corrected chi connectivity index (χ3v) is 14.4. The summed E-state index contributed by atoms with van der Waals surface area (Å²) in [5.41, 5.74) is 5.64. The Hall–Kier alpha value is -1.48. The van der Waals surface area contributed by atoms with Crippen LogP contribution in [0.3, 0.4) is 0 Å². The summed E-state index contributed by atoms with van der Waals surface area (Å²) >= 11 is 0.619. The average Bonchev–Trinajstić information content (AvgIpc) is 3.47. The maximum atomic E-state index is 13.5. The second-order valence-electron chi connectivity index (χ2n) is 13.9. The van der Waals surface area contributed by atoms with Gasteiger partial charge < -0.3 is 9.53 Å². The van der Waals surface area contributed by atoms with E-state index < -0.39 is 25.5 Å². The van der Waals surface area contributed by atoms with E-state index in [0.29, 0.717) is 21.8 Å². The Morgan fingerprint density at radius 3 is 2.33 bits per heavy atom. The zero-order chi connectivity index (χ0) is 29.1. The van der Waals surface area contributed by atoms with E-state index in [4.69, 9.17) is 9.41 Å². The first-order valence-corrected chi connectivity index (χ1v) is 17.8. The van der Waals surface area contributed by atoms with Gasteiger partial charge in [-0.3, -0.25) is 4.98 Å². The monoisotopic (exact) mass is 579 g/mol. The number of hydrogen-bond acceptors (Lipinski definition) is 4. The van der Waals surface area contributed by atoms with Crippen molar-refractivity contribution in [1.29, 1.82) is 0 Å². The van der Waals surface area contributed by atoms with E-state index in [0.717, 1.165) is 60.7 Å². The molecule has 0 spiro atoms. The number of thiophene rings is 1. The summed E-state index contributed by atoms with van der Waals surface area (Å²) in [6.07, 6.45) is 0.912. The normalized spacial score (nSPS) is 20.8. The molecule has 2 aromatic rings. The largest absolute Gasteiger partial charge is 0.425 e. The molecule has 8 heteroatoms. The number of allylic oxidation sites excluding steroid dienone is 2. The van der Waals surface area contributed by atoms with Gasteiger partial charge in [0.15, 0.2) is 8.32 Å². The third kappa shape index (κ3) is 6.09. The summed E-state index contributed by atoms with van der Waals surface area (Å²) in [5.74, 6) is -0.00690. The number of aliphatic hydroxyl groups excluding tert-OH is 1. The number of nitrogens with zero attached hydrogens (tertiary/aromatic N) is 1. The van der Waals surface area contributed by atoms with Crippen LogP contribution in [0.15, 0.2) is 18.2 Å². The van der Waals surface area contributed by atoms with Crippen molar-refractivity contribution in [2.75, 3.05) is 0 Å². The second kappa shape index (κ2) is 10.4.